The molecule has 0 radical (unpaired) electrons. The summed E-state index contributed by atoms with van der Waals surface area (Å²) in [5.41, 5.74) is 1.14. The van der Waals surface area contributed by atoms with Crippen LogP contribution in [0.3, 0.4) is 0 Å². The smallest absolute Gasteiger partial charge is 0.407 e. The summed E-state index contributed by atoms with van der Waals surface area (Å²) >= 11 is 0. The Balaban J connectivity index is 1.46. The number of rotatable bonds is 4. The maximum absolute atomic E-state index is 12.4. The number of carbonyl (C=O) groups is 1. The van der Waals surface area contributed by atoms with E-state index in [2.05, 4.69) is 32.2 Å². The average Bonchev–Trinajstić information content (AvgIpc) is 3.21. The molecule has 0 aromatic carbocycles. The molecule has 2 fully saturated rings. The predicted molar refractivity (Wildman–Crippen MR) is 107 cm³/mol. The number of nitrogens with one attached hydrogen (secondary N) is 1. The molecule has 2 aliphatic carbocycles. The fraction of sp³-hybridized carbons (Fsp3) is 0.696. The number of hydrogen-bond acceptors (Lipinski definition) is 4. The van der Waals surface area contributed by atoms with Crippen molar-refractivity contribution in [2.75, 3.05) is 13.2 Å². The molecule has 1 aromatic heterocycles. The van der Waals surface area contributed by atoms with Crippen molar-refractivity contribution in [2.45, 2.75) is 65.0 Å². The fourth-order valence-electron chi connectivity index (χ4n) is 5.62. The van der Waals surface area contributed by atoms with Crippen LogP contribution in [0.4, 0.5) is 4.79 Å². The standard InChI is InChI=1S/C23H33NO4/c1-15-12-16(2)23(14-28-22(25)24-18-8-5-4-6-9-18)13-27-21(20(15)17(23)3)19-10-7-11-26-19/h7,10-12,16-18,20-21H,4-6,8-9,13-14H2,1-3H3,(H,24,25)/t16-,17+,20+,21-,23+/m0/s1. The summed E-state index contributed by atoms with van der Waals surface area (Å²) in [5.74, 6) is 1.74. The number of furan rings is 1. The Morgan fingerprint density at radius 1 is 1.29 bits per heavy atom. The van der Waals surface area contributed by atoms with Crippen molar-refractivity contribution in [2.24, 2.45) is 23.2 Å². The van der Waals surface area contributed by atoms with Crippen molar-refractivity contribution < 1.29 is 18.7 Å². The summed E-state index contributed by atoms with van der Waals surface area (Å²) in [6.45, 7) is 7.63. The first-order chi connectivity index (χ1) is 13.5. The molecular formula is C23H33NO4. The molecule has 5 heteroatoms. The van der Waals surface area contributed by atoms with E-state index in [-0.39, 0.29) is 29.6 Å². The number of fused-ring (bicyclic) bond motifs is 2. The number of alkyl carbamates (subject to hydrolysis) is 1. The molecule has 2 heterocycles. The number of ether oxygens (including phenoxy) is 2. The second-order valence-corrected chi connectivity index (χ2v) is 9.05. The highest BCUT2D eigenvalue weighted by Gasteiger charge is 2.55. The van der Waals surface area contributed by atoms with E-state index in [1.54, 1.807) is 6.26 Å². The lowest BCUT2D eigenvalue weighted by Crippen LogP contribution is -2.55. The molecule has 4 rings (SSSR count). The normalized spacial score (nSPS) is 35.9. The number of hydrogen-bond donors (Lipinski definition) is 1. The first-order valence-electron chi connectivity index (χ1n) is 10.8. The van der Waals surface area contributed by atoms with Crippen molar-refractivity contribution >= 4 is 6.09 Å². The van der Waals surface area contributed by atoms with Gasteiger partial charge in [-0.3, -0.25) is 0 Å². The zero-order valence-corrected chi connectivity index (χ0v) is 17.3. The molecule has 5 nitrogen and oxygen atoms in total. The Kier molecular flexibility index (Phi) is 5.55. The van der Waals surface area contributed by atoms with Crippen LogP contribution in [-0.2, 0) is 9.47 Å². The van der Waals surface area contributed by atoms with Gasteiger partial charge in [0.25, 0.3) is 0 Å². The van der Waals surface area contributed by atoms with Gasteiger partial charge in [-0.15, -0.1) is 0 Å². The van der Waals surface area contributed by atoms with E-state index < -0.39 is 0 Å². The molecule has 3 aliphatic rings. The maximum Gasteiger partial charge on any atom is 0.407 e. The van der Waals surface area contributed by atoms with Crippen LogP contribution in [0, 0.1) is 23.2 Å². The zero-order chi connectivity index (χ0) is 19.7. The van der Waals surface area contributed by atoms with Gasteiger partial charge in [-0.05, 0) is 43.7 Å². The van der Waals surface area contributed by atoms with Gasteiger partial charge in [-0.25, -0.2) is 4.79 Å². The van der Waals surface area contributed by atoms with Gasteiger partial charge in [-0.1, -0.05) is 44.8 Å². The van der Waals surface area contributed by atoms with E-state index in [0.29, 0.717) is 25.0 Å². The third-order valence-corrected chi connectivity index (χ3v) is 7.47. The molecule has 1 aromatic rings. The Labute approximate surface area is 167 Å². The van der Waals surface area contributed by atoms with Crippen LogP contribution in [0.2, 0.25) is 0 Å². The highest BCUT2D eigenvalue weighted by atomic mass is 16.6. The minimum Gasteiger partial charge on any atom is -0.467 e. The van der Waals surface area contributed by atoms with E-state index >= 15 is 0 Å². The maximum atomic E-state index is 12.4. The van der Waals surface area contributed by atoms with Gasteiger partial charge in [0, 0.05) is 17.4 Å². The number of carbonyl (C=O) groups excluding carboxylic acids is 1. The molecule has 28 heavy (non-hydrogen) atoms. The van der Waals surface area contributed by atoms with Gasteiger partial charge in [0.05, 0.1) is 12.9 Å². The predicted octanol–water partition coefficient (Wildman–Crippen LogP) is 5.24. The number of amides is 1. The minimum atomic E-state index is -0.281. The van der Waals surface area contributed by atoms with E-state index in [0.717, 1.165) is 18.6 Å². The van der Waals surface area contributed by atoms with Crippen LogP contribution >= 0.6 is 0 Å². The number of allylic oxidation sites excluding steroid dienone is 1. The molecule has 5 atom stereocenters. The van der Waals surface area contributed by atoms with Crippen molar-refractivity contribution in [1.29, 1.82) is 0 Å². The van der Waals surface area contributed by atoms with Crippen LogP contribution < -0.4 is 5.32 Å². The van der Waals surface area contributed by atoms with Crippen LogP contribution in [0.25, 0.3) is 0 Å². The lowest BCUT2D eigenvalue weighted by molar-refractivity contribution is -0.170. The van der Waals surface area contributed by atoms with E-state index in [1.807, 2.05) is 12.1 Å². The lowest BCUT2D eigenvalue weighted by atomic mass is 9.56. The first kappa shape index (κ1) is 19.6. The van der Waals surface area contributed by atoms with Crippen molar-refractivity contribution in [3.63, 3.8) is 0 Å². The summed E-state index contributed by atoms with van der Waals surface area (Å²) in [6, 6.07) is 4.17. The summed E-state index contributed by atoms with van der Waals surface area (Å²) in [6.07, 6.45) is 9.46. The summed E-state index contributed by atoms with van der Waals surface area (Å²) in [7, 11) is 0. The van der Waals surface area contributed by atoms with Crippen molar-refractivity contribution in [3.05, 3.63) is 35.8 Å². The van der Waals surface area contributed by atoms with Gasteiger partial charge in [-0.2, -0.15) is 0 Å². The fourth-order valence-corrected chi connectivity index (χ4v) is 5.62. The monoisotopic (exact) mass is 387 g/mol. The van der Waals surface area contributed by atoms with Gasteiger partial charge in [0.1, 0.15) is 18.5 Å². The van der Waals surface area contributed by atoms with E-state index in [1.165, 1.54) is 24.8 Å². The Hall–Kier alpha value is -1.75. The van der Waals surface area contributed by atoms with Gasteiger partial charge in [0.15, 0.2) is 0 Å². The molecule has 1 aliphatic heterocycles. The topological polar surface area (TPSA) is 60.7 Å². The third-order valence-electron chi connectivity index (χ3n) is 7.47. The third kappa shape index (κ3) is 3.49. The average molecular weight is 388 g/mol. The molecule has 0 unspecified atom stereocenters. The second kappa shape index (κ2) is 7.94. The highest BCUT2D eigenvalue weighted by Crippen LogP contribution is 2.56. The largest absolute Gasteiger partial charge is 0.467 e. The summed E-state index contributed by atoms with van der Waals surface area (Å²) < 4.78 is 17.8. The molecule has 0 spiro atoms. The highest BCUT2D eigenvalue weighted by molar-refractivity contribution is 5.67. The molecular weight excluding hydrogens is 354 g/mol. The molecule has 1 N–H and O–H groups in total. The molecule has 1 saturated carbocycles. The summed E-state index contributed by atoms with van der Waals surface area (Å²) in [4.78, 5) is 12.4. The minimum absolute atomic E-state index is 0.0714. The second-order valence-electron chi connectivity index (χ2n) is 9.05. The zero-order valence-electron chi connectivity index (χ0n) is 17.3. The van der Waals surface area contributed by atoms with Crippen molar-refractivity contribution in [3.8, 4) is 0 Å². The van der Waals surface area contributed by atoms with E-state index in [9.17, 15) is 4.79 Å². The van der Waals surface area contributed by atoms with E-state index in [4.69, 9.17) is 13.9 Å². The van der Waals surface area contributed by atoms with Gasteiger partial charge >= 0.3 is 6.09 Å². The quantitative estimate of drug-likeness (QED) is 0.717. The van der Waals surface area contributed by atoms with Gasteiger partial charge in [0.2, 0.25) is 0 Å². The van der Waals surface area contributed by atoms with Crippen LogP contribution in [0.5, 0.6) is 0 Å². The lowest BCUT2D eigenvalue weighted by Gasteiger charge is -2.54. The Morgan fingerprint density at radius 3 is 2.79 bits per heavy atom. The Morgan fingerprint density at radius 2 is 2.07 bits per heavy atom. The molecule has 2 bridgehead atoms. The summed E-state index contributed by atoms with van der Waals surface area (Å²) in [5, 5.41) is 3.07. The molecule has 154 valence electrons. The molecule has 1 saturated heterocycles. The van der Waals surface area contributed by atoms with Crippen LogP contribution in [0.15, 0.2) is 34.5 Å². The van der Waals surface area contributed by atoms with Crippen molar-refractivity contribution in [1.82, 2.24) is 5.32 Å². The Bertz CT molecular complexity index is 706. The first-order valence-corrected chi connectivity index (χ1v) is 10.8. The SMILES string of the molecule is CC1=C[C@H](C)[C@]2(COC(=O)NC3CCCCC3)CO[C@@H](c3ccco3)[C@H]1[C@H]2C. The van der Waals surface area contributed by atoms with Gasteiger partial charge < -0.3 is 19.2 Å². The van der Waals surface area contributed by atoms with Crippen LogP contribution in [0.1, 0.15) is 64.7 Å². The molecule has 1 amide bonds. The van der Waals surface area contributed by atoms with Crippen LogP contribution in [-0.4, -0.2) is 25.3 Å².